The molecule has 1 aromatic heterocycles. The highest BCUT2D eigenvalue weighted by molar-refractivity contribution is 5.84. The molecule has 0 bridgehead atoms. The summed E-state index contributed by atoms with van der Waals surface area (Å²) in [5.41, 5.74) is 2.27. The Morgan fingerprint density at radius 2 is 1.96 bits per heavy atom. The molecule has 1 N–H and O–H groups in total. The van der Waals surface area contributed by atoms with Gasteiger partial charge in [0, 0.05) is 36.4 Å². The molecule has 0 radical (unpaired) electrons. The molecule has 0 saturated carbocycles. The number of rotatable bonds is 4. The zero-order chi connectivity index (χ0) is 16.4. The van der Waals surface area contributed by atoms with Gasteiger partial charge in [-0.1, -0.05) is 18.2 Å². The van der Waals surface area contributed by atoms with Crippen LogP contribution in [0.1, 0.15) is 32.4 Å². The van der Waals surface area contributed by atoms with Gasteiger partial charge in [-0.25, -0.2) is 0 Å². The summed E-state index contributed by atoms with van der Waals surface area (Å²) in [5.74, 6) is 0.123. The molecule has 0 unspecified atom stereocenters. The van der Waals surface area contributed by atoms with Crippen molar-refractivity contribution in [3.05, 3.63) is 36.0 Å². The van der Waals surface area contributed by atoms with Crippen molar-refractivity contribution in [2.24, 2.45) is 0 Å². The lowest BCUT2D eigenvalue weighted by molar-refractivity contribution is -0.122. The second-order valence-corrected chi connectivity index (χ2v) is 6.90. The third kappa shape index (κ3) is 3.58. The molecule has 4 nitrogen and oxygen atoms in total. The molecule has 1 aromatic carbocycles. The number of fused-ring (bicyclic) bond motifs is 1. The van der Waals surface area contributed by atoms with E-state index in [0.717, 1.165) is 37.1 Å². The van der Waals surface area contributed by atoms with Crippen LogP contribution in [0.15, 0.2) is 30.3 Å². The van der Waals surface area contributed by atoms with Crippen LogP contribution in [0.25, 0.3) is 10.9 Å². The minimum atomic E-state index is 0.123. The molecule has 1 amide bonds. The number of amides is 1. The van der Waals surface area contributed by atoms with E-state index >= 15 is 0 Å². The maximum absolute atomic E-state index is 12.4. The Labute approximate surface area is 138 Å². The van der Waals surface area contributed by atoms with Crippen LogP contribution < -0.4 is 5.32 Å². The number of aryl methyl sites for hydroxylation is 1. The van der Waals surface area contributed by atoms with Gasteiger partial charge < -0.3 is 14.8 Å². The summed E-state index contributed by atoms with van der Waals surface area (Å²) < 4.78 is 2.11. The van der Waals surface area contributed by atoms with E-state index in [4.69, 9.17) is 0 Å². The Bertz CT molecular complexity index is 681. The van der Waals surface area contributed by atoms with E-state index < -0.39 is 0 Å². The largest absolute Gasteiger partial charge is 0.352 e. The van der Waals surface area contributed by atoms with Crippen molar-refractivity contribution >= 4 is 16.8 Å². The summed E-state index contributed by atoms with van der Waals surface area (Å²) in [6, 6.07) is 11.3. The number of piperidine rings is 1. The Morgan fingerprint density at radius 3 is 2.65 bits per heavy atom. The molecule has 3 rings (SSSR count). The lowest BCUT2D eigenvalue weighted by atomic mass is 10.0. The van der Waals surface area contributed by atoms with E-state index in [9.17, 15) is 4.79 Å². The zero-order valence-electron chi connectivity index (χ0n) is 14.4. The fourth-order valence-corrected chi connectivity index (χ4v) is 3.54. The minimum absolute atomic E-state index is 0.123. The van der Waals surface area contributed by atoms with Crippen molar-refractivity contribution in [3.8, 4) is 0 Å². The average Bonchev–Trinajstić information content (AvgIpc) is 2.84. The molecule has 2 heterocycles. The van der Waals surface area contributed by atoms with Gasteiger partial charge in [0.05, 0.1) is 0 Å². The molecule has 0 aliphatic carbocycles. The maximum atomic E-state index is 12.4. The lowest BCUT2D eigenvalue weighted by Gasteiger charge is -2.34. The third-order valence-electron chi connectivity index (χ3n) is 4.94. The Balaban J connectivity index is 1.60. The number of hydrogen-bond acceptors (Lipinski definition) is 2. The fourth-order valence-electron chi connectivity index (χ4n) is 3.54. The number of carbonyl (C=O) groups excluding carboxylic acids is 1. The van der Waals surface area contributed by atoms with Gasteiger partial charge in [0.1, 0.15) is 6.54 Å². The zero-order valence-corrected chi connectivity index (χ0v) is 14.4. The molecular formula is C19H27N3O. The summed E-state index contributed by atoms with van der Waals surface area (Å²) in [7, 11) is 0. The van der Waals surface area contributed by atoms with Crippen LogP contribution in [0.2, 0.25) is 0 Å². The SMILES string of the molecule is Cc1cc2ccccc2n1CC(=O)NC1CCN(C(C)C)CC1. The molecular weight excluding hydrogens is 286 g/mol. The van der Waals surface area contributed by atoms with Gasteiger partial charge in [0.2, 0.25) is 5.91 Å². The summed E-state index contributed by atoms with van der Waals surface area (Å²) in [6.07, 6.45) is 2.10. The van der Waals surface area contributed by atoms with Crippen LogP contribution >= 0.6 is 0 Å². The van der Waals surface area contributed by atoms with Crippen molar-refractivity contribution < 1.29 is 4.79 Å². The summed E-state index contributed by atoms with van der Waals surface area (Å²) in [4.78, 5) is 14.9. The average molecular weight is 313 g/mol. The van der Waals surface area contributed by atoms with Crippen molar-refractivity contribution in [2.45, 2.75) is 52.2 Å². The number of para-hydroxylation sites is 1. The minimum Gasteiger partial charge on any atom is -0.352 e. The van der Waals surface area contributed by atoms with Gasteiger partial charge in [0.15, 0.2) is 0 Å². The maximum Gasteiger partial charge on any atom is 0.240 e. The molecule has 0 atom stereocenters. The standard InChI is InChI=1S/C19H27N3O/c1-14(2)21-10-8-17(9-11-21)20-19(23)13-22-15(3)12-16-6-4-5-7-18(16)22/h4-7,12,14,17H,8-11,13H2,1-3H3,(H,20,23). The number of likely N-dealkylation sites (tertiary alicyclic amines) is 1. The number of carbonyl (C=O) groups is 1. The van der Waals surface area contributed by atoms with Crippen molar-refractivity contribution in [2.75, 3.05) is 13.1 Å². The molecule has 1 fully saturated rings. The molecule has 1 aliphatic rings. The summed E-state index contributed by atoms with van der Waals surface area (Å²) in [6.45, 7) is 9.10. The second kappa shape index (κ2) is 6.75. The molecule has 2 aromatic rings. The second-order valence-electron chi connectivity index (χ2n) is 6.90. The molecule has 1 saturated heterocycles. The summed E-state index contributed by atoms with van der Waals surface area (Å²) in [5, 5.41) is 4.42. The van der Waals surface area contributed by atoms with E-state index in [1.54, 1.807) is 0 Å². The lowest BCUT2D eigenvalue weighted by Crippen LogP contribution is -2.47. The molecule has 4 heteroatoms. The van der Waals surface area contributed by atoms with Crippen LogP contribution in [0.4, 0.5) is 0 Å². The predicted molar refractivity (Wildman–Crippen MR) is 94.5 cm³/mol. The molecule has 23 heavy (non-hydrogen) atoms. The van der Waals surface area contributed by atoms with E-state index in [0.29, 0.717) is 18.6 Å². The number of aromatic nitrogens is 1. The van der Waals surface area contributed by atoms with Gasteiger partial charge in [0.25, 0.3) is 0 Å². The normalized spacial score (nSPS) is 17.0. The first-order valence-corrected chi connectivity index (χ1v) is 8.63. The van der Waals surface area contributed by atoms with Crippen molar-refractivity contribution in [1.29, 1.82) is 0 Å². The van der Waals surface area contributed by atoms with E-state index in [-0.39, 0.29) is 5.91 Å². The van der Waals surface area contributed by atoms with Crippen LogP contribution in [-0.4, -0.2) is 40.5 Å². The van der Waals surface area contributed by atoms with Crippen LogP contribution in [0, 0.1) is 6.92 Å². The van der Waals surface area contributed by atoms with E-state index in [2.05, 4.69) is 53.8 Å². The molecule has 0 spiro atoms. The number of benzene rings is 1. The van der Waals surface area contributed by atoms with E-state index in [1.807, 2.05) is 12.1 Å². The smallest absolute Gasteiger partial charge is 0.240 e. The highest BCUT2D eigenvalue weighted by Gasteiger charge is 2.22. The topological polar surface area (TPSA) is 37.3 Å². The fraction of sp³-hybridized carbons (Fsp3) is 0.526. The van der Waals surface area contributed by atoms with E-state index in [1.165, 1.54) is 5.39 Å². The Kier molecular flexibility index (Phi) is 4.71. The summed E-state index contributed by atoms with van der Waals surface area (Å²) >= 11 is 0. The van der Waals surface area contributed by atoms with Crippen LogP contribution in [-0.2, 0) is 11.3 Å². The molecule has 124 valence electrons. The predicted octanol–water partition coefficient (Wildman–Crippen LogP) is 2.94. The van der Waals surface area contributed by atoms with Crippen LogP contribution in [0.3, 0.4) is 0 Å². The number of nitrogens with zero attached hydrogens (tertiary/aromatic N) is 2. The Morgan fingerprint density at radius 1 is 1.26 bits per heavy atom. The highest BCUT2D eigenvalue weighted by atomic mass is 16.2. The van der Waals surface area contributed by atoms with Gasteiger partial charge in [-0.2, -0.15) is 0 Å². The number of nitrogens with one attached hydrogen (secondary N) is 1. The first-order chi connectivity index (χ1) is 11.0. The highest BCUT2D eigenvalue weighted by Crippen LogP contribution is 2.19. The van der Waals surface area contributed by atoms with Gasteiger partial charge in [-0.05, 0) is 51.1 Å². The van der Waals surface area contributed by atoms with Gasteiger partial charge >= 0.3 is 0 Å². The quantitative estimate of drug-likeness (QED) is 0.942. The first-order valence-electron chi connectivity index (χ1n) is 8.63. The van der Waals surface area contributed by atoms with Gasteiger partial charge in [-0.15, -0.1) is 0 Å². The monoisotopic (exact) mass is 313 g/mol. The van der Waals surface area contributed by atoms with Crippen LogP contribution in [0.5, 0.6) is 0 Å². The third-order valence-corrected chi connectivity index (χ3v) is 4.94. The van der Waals surface area contributed by atoms with Crippen molar-refractivity contribution in [3.63, 3.8) is 0 Å². The Hall–Kier alpha value is -1.81. The number of hydrogen-bond donors (Lipinski definition) is 1. The first kappa shape index (κ1) is 16.1. The van der Waals surface area contributed by atoms with Gasteiger partial charge in [-0.3, -0.25) is 4.79 Å². The molecule has 1 aliphatic heterocycles. The van der Waals surface area contributed by atoms with Crippen molar-refractivity contribution in [1.82, 2.24) is 14.8 Å².